The van der Waals surface area contributed by atoms with Crippen LogP contribution in [-0.2, 0) is 5.41 Å². The van der Waals surface area contributed by atoms with Crippen LogP contribution < -0.4 is 0 Å². The fourth-order valence-electron chi connectivity index (χ4n) is 1.12. The van der Waals surface area contributed by atoms with Crippen LogP contribution in [-0.4, -0.2) is 4.98 Å². The highest BCUT2D eigenvalue weighted by molar-refractivity contribution is 5.21. The van der Waals surface area contributed by atoms with Crippen LogP contribution in [0.25, 0.3) is 0 Å². The summed E-state index contributed by atoms with van der Waals surface area (Å²) in [6, 6.07) is 6.92. The third kappa shape index (κ3) is 0.821. The third-order valence-electron chi connectivity index (χ3n) is 2.23. The van der Waals surface area contributed by atoms with E-state index in [2.05, 4.69) is 24.0 Å². The third-order valence-corrected chi connectivity index (χ3v) is 2.23. The summed E-state index contributed by atoms with van der Waals surface area (Å²) in [6.07, 6.45) is 4.34. The van der Waals surface area contributed by atoms with Crippen LogP contribution in [0, 0.1) is 6.07 Å². The number of nitrogens with zero attached hydrogens (tertiary/aromatic N) is 1. The highest BCUT2D eigenvalue weighted by atomic mass is 14.7. The van der Waals surface area contributed by atoms with Gasteiger partial charge in [-0.05, 0) is 18.9 Å². The van der Waals surface area contributed by atoms with Gasteiger partial charge in [0.05, 0.1) is 0 Å². The van der Waals surface area contributed by atoms with Gasteiger partial charge in [0.25, 0.3) is 0 Å². The van der Waals surface area contributed by atoms with Gasteiger partial charge in [-0.15, -0.1) is 0 Å². The molecule has 1 nitrogen and oxygen atoms in total. The van der Waals surface area contributed by atoms with Crippen molar-refractivity contribution in [2.24, 2.45) is 0 Å². The Balaban J connectivity index is 2.35. The number of aromatic nitrogens is 1. The molecular weight excluding hydrogens is 122 g/mol. The predicted octanol–water partition coefficient (Wildman–Crippen LogP) is 1.93. The van der Waals surface area contributed by atoms with Crippen LogP contribution in [0.1, 0.15) is 25.5 Å². The lowest BCUT2D eigenvalue weighted by Crippen LogP contribution is -2.01. The van der Waals surface area contributed by atoms with Gasteiger partial charge in [0.2, 0.25) is 0 Å². The van der Waals surface area contributed by atoms with Crippen molar-refractivity contribution in [3.05, 3.63) is 30.1 Å². The molecule has 1 radical (unpaired) electrons. The maximum atomic E-state index is 4.26. The Morgan fingerprint density at radius 1 is 1.60 bits per heavy atom. The summed E-state index contributed by atoms with van der Waals surface area (Å²) in [5.74, 6) is 0. The summed E-state index contributed by atoms with van der Waals surface area (Å²) in [6.45, 7) is 2.26. The molecule has 0 saturated heterocycles. The van der Waals surface area contributed by atoms with E-state index in [-0.39, 0.29) is 0 Å². The summed E-state index contributed by atoms with van der Waals surface area (Å²) >= 11 is 0. The van der Waals surface area contributed by atoms with E-state index in [1.807, 2.05) is 6.07 Å². The van der Waals surface area contributed by atoms with Crippen molar-refractivity contribution in [1.82, 2.24) is 4.98 Å². The average molecular weight is 132 g/mol. The normalized spacial score (nSPS) is 20.5. The Labute approximate surface area is 61.1 Å². The standard InChI is InChI=1S/C9H10N/c1-9(5-6-9)8-4-2-3-7-10-8/h2,4,7H,5-6H2,1H3. The Hall–Kier alpha value is -0.850. The quantitative estimate of drug-likeness (QED) is 0.569. The van der Waals surface area contributed by atoms with Crippen LogP contribution in [0.2, 0.25) is 0 Å². The summed E-state index contributed by atoms with van der Waals surface area (Å²) in [4.78, 5) is 4.26. The molecule has 10 heavy (non-hydrogen) atoms. The molecule has 1 saturated carbocycles. The Morgan fingerprint density at radius 3 is 2.90 bits per heavy atom. The lowest BCUT2D eigenvalue weighted by molar-refractivity contribution is 0.750. The van der Waals surface area contributed by atoms with Crippen molar-refractivity contribution in [1.29, 1.82) is 0 Å². The lowest BCUT2D eigenvalue weighted by Gasteiger charge is -2.04. The zero-order valence-electron chi connectivity index (χ0n) is 6.09. The molecule has 0 amide bonds. The number of rotatable bonds is 1. The summed E-state index contributed by atoms with van der Waals surface area (Å²) in [5, 5.41) is 0. The first-order valence-corrected chi connectivity index (χ1v) is 3.64. The van der Waals surface area contributed by atoms with Crippen molar-refractivity contribution in [2.45, 2.75) is 25.2 Å². The highest BCUT2D eigenvalue weighted by Crippen LogP contribution is 2.46. The van der Waals surface area contributed by atoms with Crippen molar-refractivity contribution in [3.8, 4) is 0 Å². The first-order chi connectivity index (χ1) is 4.81. The molecule has 0 spiro atoms. The van der Waals surface area contributed by atoms with Crippen LogP contribution in [0.4, 0.5) is 0 Å². The summed E-state index contributed by atoms with van der Waals surface area (Å²) in [7, 11) is 0. The molecule has 1 aromatic rings. The largest absolute Gasteiger partial charge is 0.260 e. The van der Waals surface area contributed by atoms with Gasteiger partial charge in [-0.3, -0.25) is 4.98 Å². The highest BCUT2D eigenvalue weighted by Gasteiger charge is 2.39. The van der Waals surface area contributed by atoms with E-state index < -0.39 is 0 Å². The van der Waals surface area contributed by atoms with E-state index in [1.165, 1.54) is 18.5 Å². The molecule has 0 aromatic carbocycles. The number of pyridine rings is 1. The molecule has 1 heterocycles. The molecular formula is C9H10N. The van der Waals surface area contributed by atoms with Crippen LogP contribution in [0.15, 0.2) is 18.3 Å². The van der Waals surface area contributed by atoms with E-state index in [9.17, 15) is 0 Å². The topological polar surface area (TPSA) is 12.9 Å². The van der Waals surface area contributed by atoms with Gasteiger partial charge in [0, 0.05) is 23.4 Å². The van der Waals surface area contributed by atoms with Crippen molar-refractivity contribution in [3.63, 3.8) is 0 Å². The van der Waals surface area contributed by atoms with Gasteiger partial charge in [-0.1, -0.05) is 13.0 Å². The Bertz CT molecular complexity index is 224. The fourth-order valence-corrected chi connectivity index (χ4v) is 1.12. The molecule has 0 bridgehead atoms. The van der Waals surface area contributed by atoms with Crippen LogP contribution >= 0.6 is 0 Å². The second-order valence-corrected chi connectivity index (χ2v) is 3.20. The van der Waals surface area contributed by atoms with Gasteiger partial charge >= 0.3 is 0 Å². The maximum Gasteiger partial charge on any atom is 0.0463 e. The minimum absolute atomic E-state index is 0.412. The molecule has 2 rings (SSSR count). The molecule has 1 aromatic heterocycles. The molecule has 0 atom stereocenters. The molecule has 1 aliphatic carbocycles. The molecule has 0 unspecified atom stereocenters. The van der Waals surface area contributed by atoms with Gasteiger partial charge in [-0.2, -0.15) is 0 Å². The van der Waals surface area contributed by atoms with Gasteiger partial charge in [0.1, 0.15) is 0 Å². The Morgan fingerprint density at radius 2 is 2.40 bits per heavy atom. The second kappa shape index (κ2) is 1.82. The molecule has 0 N–H and O–H groups in total. The minimum Gasteiger partial charge on any atom is -0.260 e. The van der Waals surface area contributed by atoms with Crippen LogP contribution in [0.3, 0.4) is 0 Å². The average Bonchev–Trinajstić information content (AvgIpc) is 2.72. The van der Waals surface area contributed by atoms with E-state index in [0.29, 0.717) is 5.41 Å². The van der Waals surface area contributed by atoms with E-state index in [1.54, 1.807) is 6.20 Å². The van der Waals surface area contributed by atoms with E-state index in [0.717, 1.165) is 0 Å². The summed E-state index contributed by atoms with van der Waals surface area (Å²) < 4.78 is 0. The van der Waals surface area contributed by atoms with E-state index in [4.69, 9.17) is 0 Å². The van der Waals surface area contributed by atoms with Crippen molar-refractivity contribution in [2.75, 3.05) is 0 Å². The fraction of sp³-hybridized carbons (Fsp3) is 0.444. The molecule has 1 heteroatoms. The summed E-state index contributed by atoms with van der Waals surface area (Å²) in [5.41, 5.74) is 1.64. The van der Waals surface area contributed by atoms with Crippen molar-refractivity contribution < 1.29 is 0 Å². The first kappa shape index (κ1) is 5.90. The number of hydrogen-bond donors (Lipinski definition) is 0. The molecule has 51 valence electrons. The predicted molar refractivity (Wildman–Crippen MR) is 39.7 cm³/mol. The van der Waals surface area contributed by atoms with Gasteiger partial charge in [0.15, 0.2) is 0 Å². The minimum atomic E-state index is 0.412. The first-order valence-electron chi connectivity index (χ1n) is 3.64. The zero-order valence-corrected chi connectivity index (χ0v) is 6.09. The van der Waals surface area contributed by atoms with E-state index >= 15 is 0 Å². The Kier molecular flexibility index (Phi) is 1.07. The molecule has 1 fully saturated rings. The molecule has 0 aliphatic heterocycles. The molecule has 1 aliphatic rings. The zero-order chi connectivity index (χ0) is 7.03. The lowest BCUT2D eigenvalue weighted by atomic mass is 10.1. The SMILES string of the molecule is CC1(c2cc[c]cn2)CC1. The second-order valence-electron chi connectivity index (χ2n) is 3.20. The number of hydrogen-bond acceptors (Lipinski definition) is 1. The monoisotopic (exact) mass is 132 g/mol. The maximum absolute atomic E-state index is 4.26. The van der Waals surface area contributed by atoms with Gasteiger partial charge < -0.3 is 0 Å². The van der Waals surface area contributed by atoms with Crippen molar-refractivity contribution >= 4 is 0 Å². The van der Waals surface area contributed by atoms with Gasteiger partial charge in [-0.25, -0.2) is 0 Å². The van der Waals surface area contributed by atoms with Crippen LogP contribution in [0.5, 0.6) is 0 Å². The smallest absolute Gasteiger partial charge is 0.0463 e.